The number of amides is 1. The smallest absolute Gasteiger partial charge is 0.242 e. The zero-order chi connectivity index (χ0) is 13.7. The summed E-state index contributed by atoms with van der Waals surface area (Å²) in [5.74, 6) is 0.618. The number of likely N-dealkylation sites (tertiary alicyclic amines) is 1. The summed E-state index contributed by atoms with van der Waals surface area (Å²) in [5.41, 5.74) is 0.890. The summed E-state index contributed by atoms with van der Waals surface area (Å²) in [6.45, 7) is 3.78. The molecule has 0 bridgehead atoms. The van der Waals surface area contributed by atoms with Crippen LogP contribution in [0.3, 0.4) is 0 Å². The molecule has 0 aliphatic carbocycles. The molecular formula is C14H21N3O2. The van der Waals surface area contributed by atoms with Crippen molar-refractivity contribution in [2.75, 3.05) is 25.0 Å². The summed E-state index contributed by atoms with van der Waals surface area (Å²) in [6, 6.07) is 5.50. The van der Waals surface area contributed by atoms with Gasteiger partial charge in [0.05, 0.1) is 6.04 Å². The van der Waals surface area contributed by atoms with Gasteiger partial charge in [-0.3, -0.25) is 9.69 Å². The standard InChI is InChI=1S/C14H21N3O2/c1-11-5-2-7-13(15-11)16-14(19)12-6-3-8-17(12)9-4-10-18/h2,5,7,12,18H,3-4,6,8-10H2,1H3,(H,15,16,19)/t12-/m0/s1. The van der Waals surface area contributed by atoms with Gasteiger partial charge in [0.25, 0.3) is 0 Å². The molecule has 104 valence electrons. The van der Waals surface area contributed by atoms with E-state index in [2.05, 4.69) is 15.2 Å². The molecule has 19 heavy (non-hydrogen) atoms. The van der Waals surface area contributed by atoms with Crippen molar-refractivity contribution in [3.8, 4) is 0 Å². The van der Waals surface area contributed by atoms with E-state index < -0.39 is 0 Å². The van der Waals surface area contributed by atoms with E-state index >= 15 is 0 Å². The van der Waals surface area contributed by atoms with Crippen molar-refractivity contribution < 1.29 is 9.90 Å². The second-order valence-corrected chi connectivity index (χ2v) is 4.92. The first-order chi connectivity index (χ1) is 9.20. The molecule has 1 aliphatic rings. The van der Waals surface area contributed by atoms with Crippen molar-refractivity contribution in [2.45, 2.75) is 32.2 Å². The van der Waals surface area contributed by atoms with Gasteiger partial charge in [-0.05, 0) is 44.9 Å². The van der Waals surface area contributed by atoms with Gasteiger partial charge in [-0.15, -0.1) is 0 Å². The molecule has 1 aromatic heterocycles. The largest absolute Gasteiger partial charge is 0.396 e. The number of aliphatic hydroxyl groups is 1. The summed E-state index contributed by atoms with van der Waals surface area (Å²) in [4.78, 5) is 18.7. The molecule has 1 fully saturated rings. The van der Waals surface area contributed by atoms with Crippen LogP contribution in [0.15, 0.2) is 18.2 Å². The van der Waals surface area contributed by atoms with Gasteiger partial charge in [0.1, 0.15) is 5.82 Å². The van der Waals surface area contributed by atoms with Crippen LogP contribution < -0.4 is 5.32 Å². The number of aryl methyl sites for hydroxylation is 1. The van der Waals surface area contributed by atoms with Crippen LogP contribution >= 0.6 is 0 Å². The van der Waals surface area contributed by atoms with E-state index in [0.29, 0.717) is 12.2 Å². The molecule has 2 heterocycles. The first-order valence-corrected chi connectivity index (χ1v) is 6.80. The number of carbonyl (C=O) groups is 1. The molecule has 1 amide bonds. The fourth-order valence-corrected chi connectivity index (χ4v) is 2.49. The van der Waals surface area contributed by atoms with Gasteiger partial charge in [-0.2, -0.15) is 0 Å². The molecule has 5 heteroatoms. The highest BCUT2D eigenvalue weighted by Gasteiger charge is 2.30. The van der Waals surface area contributed by atoms with Crippen molar-refractivity contribution in [1.82, 2.24) is 9.88 Å². The summed E-state index contributed by atoms with van der Waals surface area (Å²) in [6.07, 6.45) is 2.63. The molecule has 2 rings (SSSR count). The Morgan fingerprint density at radius 2 is 2.42 bits per heavy atom. The van der Waals surface area contributed by atoms with E-state index in [9.17, 15) is 4.79 Å². The average Bonchev–Trinajstić information content (AvgIpc) is 2.84. The van der Waals surface area contributed by atoms with Crippen LogP contribution in [0.5, 0.6) is 0 Å². The second-order valence-electron chi connectivity index (χ2n) is 4.92. The maximum absolute atomic E-state index is 12.2. The highest BCUT2D eigenvalue weighted by Crippen LogP contribution is 2.19. The number of anilines is 1. The lowest BCUT2D eigenvalue weighted by Gasteiger charge is -2.23. The van der Waals surface area contributed by atoms with Gasteiger partial charge in [-0.1, -0.05) is 6.07 Å². The molecule has 0 radical (unpaired) electrons. The van der Waals surface area contributed by atoms with E-state index in [-0.39, 0.29) is 18.6 Å². The highest BCUT2D eigenvalue weighted by atomic mass is 16.3. The number of hydrogen-bond donors (Lipinski definition) is 2. The Hall–Kier alpha value is -1.46. The average molecular weight is 263 g/mol. The number of aromatic nitrogens is 1. The molecular weight excluding hydrogens is 242 g/mol. The third kappa shape index (κ3) is 3.75. The summed E-state index contributed by atoms with van der Waals surface area (Å²) in [7, 11) is 0. The fraction of sp³-hybridized carbons (Fsp3) is 0.571. The number of nitrogens with one attached hydrogen (secondary N) is 1. The maximum Gasteiger partial charge on any atom is 0.242 e. The van der Waals surface area contributed by atoms with Crippen LogP contribution in [0.25, 0.3) is 0 Å². The molecule has 0 aromatic carbocycles. The van der Waals surface area contributed by atoms with Crippen LogP contribution in [0.4, 0.5) is 5.82 Å². The summed E-state index contributed by atoms with van der Waals surface area (Å²) in [5, 5.41) is 11.8. The molecule has 1 atom stereocenters. The summed E-state index contributed by atoms with van der Waals surface area (Å²) < 4.78 is 0. The Morgan fingerprint density at radius 3 is 3.16 bits per heavy atom. The van der Waals surface area contributed by atoms with Gasteiger partial charge in [0, 0.05) is 18.8 Å². The Morgan fingerprint density at radius 1 is 1.58 bits per heavy atom. The number of rotatable bonds is 5. The lowest BCUT2D eigenvalue weighted by Crippen LogP contribution is -2.40. The number of nitrogens with zero attached hydrogens (tertiary/aromatic N) is 2. The van der Waals surface area contributed by atoms with Crippen LogP contribution in [-0.2, 0) is 4.79 Å². The molecule has 1 saturated heterocycles. The van der Waals surface area contributed by atoms with E-state index in [0.717, 1.165) is 31.6 Å². The molecule has 1 aromatic rings. The van der Waals surface area contributed by atoms with Gasteiger partial charge < -0.3 is 10.4 Å². The molecule has 1 aliphatic heterocycles. The third-order valence-electron chi connectivity index (χ3n) is 3.41. The quantitative estimate of drug-likeness (QED) is 0.837. The normalized spacial score (nSPS) is 19.6. The fourth-order valence-electron chi connectivity index (χ4n) is 2.49. The number of pyridine rings is 1. The predicted molar refractivity (Wildman–Crippen MR) is 73.9 cm³/mol. The van der Waals surface area contributed by atoms with Crippen molar-refractivity contribution >= 4 is 11.7 Å². The maximum atomic E-state index is 12.2. The van der Waals surface area contributed by atoms with E-state index in [1.54, 1.807) is 6.07 Å². The zero-order valence-corrected chi connectivity index (χ0v) is 11.3. The topological polar surface area (TPSA) is 65.5 Å². The minimum Gasteiger partial charge on any atom is -0.396 e. The van der Waals surface area contributed by atoms with Crippen molar-refractivity contribution in [2.24, 2.45) is 0 Å². The van der Waals surface area contributed by atoms with Crippen molar-refractivity contribution in [1.29, 1.82) is 0 Å². The molecule has 0 saturated carbocycles. The van der Waals surface area contributed by atoms with Crippen LogP contribution in [-0.4, -0.2) is 46.6 Å². The summed E-state index contributed by atoms with van der Waals surface area (Å²) >= 11 is 0. The van der Waals surface area contributed by atoms with Crippen LogP contribution in [0.1, 0.15) is 25.0 Å². The van der Waals surface area contributed by atoms with Gasteiger partial charge in [-0.25, -0.2) is 4.98 Å². The molecule has 2 N–H and O–H groups in total. The first kappa shape index (κ1) is 14.0. The lowest BCUT2D eigenvalue weighted by atomic mass is 10.2. The van der Waals surface area contributed by atoms with Gasteiger partial charge >= 0.3 is 0 Å². The number of hydrogen-bond acceptors (Lipinski definition) is 4. The zero-order valence-electron chi connectivity index (χ0n) is 11.3. The van der Waals surface area contributed by atoms with Gasteiger partial charge in [0.2, 0.25) is 5.91 Å². The van der Waals surface area contributed by atoms with Crippen molar-refractivity contribution in [3.63, 3.8) is 0 Å². The Labute approximate surface area is 113 Å². The molecule has 5 nitrogen and oxygen atoms in total. The predicted octanol–water partition coefficient (Wildman–Crippen LogP) is 1.18. The molecule has 0 spiro atoms. The lowest BCUT2D eigenvalue weighted by molar-refractivity contribution is -0.120. The minimum atomic E-state index is -0.0890. The van der Waals surface area contributed by atoms with E-state index in [1.807, 2.05) is 19.1 Å². The number of carbonyl (C=O) groups excluding carboxylic acids is 1. The van der Waals surface area contributed by atoms with E-state index in [4.69, 9.17) is 5.11 Å². The SMILES string of the molecule is Cc1cccc(NC(=O)[C@@H]2CCCN2CCCO)n1. The Balaban J connectivity index is 1.95. The minimum absolute atomic E-state index is 0.00791. The highest BCUT2D eigenvalue weighted by molar-refractivity contribution is 5.94. The third-order valence-corrected chi connectivity index (χ3v) is 3.41. The van der Waals surface area contributed by atoms with Gasteiger partial charge in [0.15, 0.2) is 0 Å². The number of aliphatic hydroxyl groups excluding tert-OH is 1. The van der Waals surface area contributed by atoms with E-state index in [1.165, 1.54) is 0 Å². The van der Waals surface area contributed by atoms with Crippen molar-refractivity contribution in [3.05, 3.63) is 23.9 Å². The second kappa shape index (κ2) is 6.63. The Kier molecular flexibility index (Phi) is 4.87. The monoisotopic (exact) mass is 263 g/mol. The van der Waals surface area contributed by atoms with Crippen LogP contribution in [0.2, 0.25) is 0 Å². The van der Waals surface area contributed by atoms with Crippen LogP contribution in [0, 0.1) is 6.92 Å². The first-order valence-electron chi connectivity index (χ1n) is 6.80. The Bertz CT molecular complexity index is 436. The molecule has 0 unspecified atom stereocenters.